The molecule has 0 atom stereocenters. The minimum atomic E-state index is -4.94. The van der Waals surface area contributed by atoms with Gasteiger partial charge in [0.1, 0.15) is 5.75 Å². The van der Waals surface area contributed by atoms with Crippen LogP contribution in [0.15, 0.2) is 48.5 Å². The number of benzene rings is 2. The Morgan fingerprint density at radius 3 is 2.24 bits per heavy atom. The summed E-state index contributed by atoms with van der Waals surface area (Å²) < 4.78 is 70.6. The van der Waals surface area contributed by atoms with Crippen LogP contribution in [0.1, 0.15) is 80.3 Å². The predicted molar refractivity (Wildman–Crippen MR) is 142 cm³/mol. The quantitative estimate of drug-likeness (QED) is 0.370. The molecule has 1 fully saturated rings. The maximum absolute atomic E-state index is 13.2. The lowest BCUT2D eigenvalue weighted by atomic mass is 9.73. The first kappa shape index (κ1) is 30.0. The van der Waals surface area contributed by atoms with Gasteiger partial charge in [0.2, 0.25) is 10.0 Å². The number of amides is 1. The molecule has 2 aromatic rings. The minimum Gasteiger partial charge on any atom is -0.405 e. The summed E-state index contributed by atoms with van der Waals surface area (Å²) in [5.41, 5.74) is 0.884. The Morgan fingerprint density at radius 1 is 1.05 bits per heavy atom. The molecule has 0 bridgehead atoms. The van der Waals surface area contributed by atoms with Crippen LogP contribution < -0.4 is 10.1 Å². The second kappa shape index (κ2) is 12.5. The zero-order chi connectivity index (χ0) is 28.0. The van der Waals surface area contributed by atoms with E-state index in [1.165, 1.54) is 16.4 Å². The zero-order valence-corrected chi connectivity index (χ0v) is 23.0. The van der Waals surface area contributed by atoms with Crippen molar-refractivity contribution < 1.29 is 31.1 Å². The van der Waals surface area contributed by atoms with E-state index in [-0.39, 0.29) is 23.8 Å². The fraction of sp³-hybridized carbons (Fsp3) is 0.536. The summed E-state index contributed by atoms with van der Waals surface area (Å²) in [6, 6.07) is 13.9. The topological polar surface area (TPSA) is 75.7 Å². The van der Waals surface area contributed by atoms with E-state index in [1.807, 2.05) is 51.1 Å². The SMILES string of the molecule is CCCS(=O)(=O)N1CCC(CNC(=O)c2ccc(C(CC)CC)cc2OC(F)(F)F)(c2ccccc2)CC1. The van der Waals surface area contributed by atoms with Crippen molar-refractivity contribution >= 4 is 15.9 Å². The van der Waals surface area contributed by atoms with Crippen molar-refractivity contribution in [3.63, 3.8) is 0 Å². The molecule has 2 aromatic carbocycles. The van der Waals surface area contributed by atoms with Crippen molar-refractivity contribution in [2.24, 2.45) is 0 Å². The van der Waals surface area contributed by atoms with Gasteiger partial charge in [-0.05, 0) is 61.3 Å². The van der Waals surface area contributed by atoms with Crippen molar-refractivity contribution in [3.05, 3.63) is 65.2 Å². The van der Waals surface area contributed by atoms with E-state index in [1.54, 1.807) is 6.07 Å². The Hall–Kier alpha value is -2.59. The Labute approximate surface area is 223 Å². The van der Waals surface area contributed by atoms with Crippen molar-refractivity contribution in [1.29, 1.82) is 0 Å². The molecular weight excluding hydrogens is 517 g/mol. The molecule has 10 heteroatoms. The fourth-order valence-corrected chi connectivity index (χ4v) is 6.75. The van der Waals surface area contributed by atoms with Crippen molar-refractivity contribution in [2.45, 2.75) is 70.6 Å². The van der Waals surface area contributed by atoms with Crippen LogP contribution in [0.2, 0.25) is 0 Å². The first-order valence-corrected chi connectivity index (χ1v) is 14.8. The molecule has 0 spiro atoms. The fourth-order valence-electron chi connectivity index (χ4n) is 5.23. The van der Waals surface area contributed by atoms with Crippen LogP contribution in [0, 0.1) is 0 Å². The van der Waals surface area contributed by atoms with Crippen LogP contribution in [0.4, 0.5) is 13.2 Å². The highest BCUT2D eigenvalue weighted by molar-refractivity contribution is 7.89. The average Bonchev–Trinajstić information content (AvgIpc) is 2.88. The van der Waals surface area contributed by atoms with Crippen molar-refractivity contribution in [1.82, 2.24) is 9.62 Å². The highest BCUT2D eigenvalue weighted by atomic mass is 32.2. The van der Waals surface area contributed by atoms with Crippen LogP contribution in [0.5, 0.6) is 5.75 Å². The Morgan fingerprint density at radius 2 is 1.68 bits per heavy atom. The molecule has 1 aliphatic heterocycles. The predicted octanol–water partition coefficient (Wildman–Crippen LogP) is 5.99. The van der Waals surface area contributed by atoms with Crippen LogP contribution in [0.25, 0.3) is 0 Å². The summed E-state index contributed by atoms with van der Waals surface area (Å²) in [7, 11) is -3.36. The Balaban J connectivity index is 1.86. The number of hydrogen-bond acceptors (Lipinski definition) is 4. The number of hydrogen-bond donors (Lipinski definition) is 1. The molecule has 3 rings (SSSR count). The smallest absolute Gasteiger partial charge is 0.405 e. The molecule has 0 unspecified atom stereocenters. The molecule has 1 saturated heterocycles. The number of halogens is 3. The summed E-state index contributed by atoms with van der Waals surface area (Å²) in [5.74, 6) is -1.06. The first-order valence-electron chi connectivity index (χ1n) is 13.2. The maximum atomic E-state index is 13.2. The third-order valence-corrected chi connectivity index (χ3v) is 9.52. The number of nitrogens with one attached hydrogen (secondary N) is 1. The second-order valence-corrected chi connectivity index (χ2v) is 11.9. The largest absolute Gasteiger partial charge is 0.573 e. The van der Waals surface area contributed by atoms with Gasteiger partial charge in [-0.15, -0.1) is 13.2 Å². The van der Waals surface area contributed by atoms with Gasteiger partial charge in [0.25, 0.3) is 5.91 Å². The molecular formula is C28H37F3N2O4S. The third kappa shape index (κ3) is 7.28. The van der Waals surface area contributed by atoms with Gasteiger partial charge in [-0.3, -0.25) is 4.79 Å². The standard InChI is InChI=1S/C28H37F3N2O4S/c1-4-18-38(35,36)33-16-14-27(15-17-33,23-10-8-7-9-11-23)20-32-26(34)24-13-12-22(21(5-2)6-3)19-25(24)37-28(29,30)31/h7-13,19,21H,4-6,14-18,20H2,1-3H3,(H,32,34). The lowest BCUT2D eigenvalue weighted by Gasteiger charge is -2.42. The van der Waals surface area contributed by atoms with Crippen molar-refractivity contribution in [3.8, 4) is 5.75 Å². The molecule has 1 N–H and O–H groups in total. The summed E-state index contributed by atoms with van der Waals surface area (Å²) in [6.07, 6.45) is -1.98. The summed E-state index contributed by atoms with van der Waals surface area (Å²) >= 11 is 0. The summed E-state index contributed by atoms with van der Waals surface area (Å²) in [4.78, 5) is 13.2. The van der Waals surface area contributed by atoms with E-state index < -0.39 is 33.5 Å². The molecule has 210 valence electrons. The Kier molecular flexibility index (Phi) is 9.86. The lowest BCUT2D eigenvalue weighted by molar-refractivity contribution is -0.274. The van der Waals surface area contributed by atoms with Gasteiger partial charge in [0, 0.05) is 25.0 Å². The van der Waals surface area contributed by atoms with E-state index in [0.717, 1.165) is 18.4 Å². The highest BCUT2D eigenvalue weighted by Gasteiger charge is 2.40. The normalized spacial score (nSPS) is 16.4. The van der Waals surface area contributed by atoms with Crippen LogP contribution in [0.3, 0.4) is 0 Å². The summed E-state index contributed by atoms with van der Waals surface area (Å²) in [5, 5.41) is 2.84. The maximum Gasteiger partial charge on any atom is 0.573 e. The monoisotopic (exact) mass is 554 g/mol. The molecule has 0 saturated carbocycles. The number of piperidine rings is 1. The van der Waals surface area contributed by atoms with Crippen LogP contribution in [-0.2, 0) is 15.4 Å². The van der Waals surface area contributed by atoms with Crippen LogP contribution in [-0.4, -0.2) is 50.4 Å². The second-order valence-electron chi connectivity index (χ2n) is 9.86. The van der Waals surface area contributed by atoms with Gasteiger partial charge < -0.3 is 10.1 Å². The van der Waals surface area contributed by atoms with Crippen LogP contribution >= 0.6 is 0 Å². The molecule has 38 heavy (non-hydrogen) atoms. The lowest BCUT2D eigenvalue weighted by Crippen LogP contribution is -2.50. The average molecular weight is 555 g/mol. The third-order valence-electron chi connectivity index (χ3n) is 7.44. The van der Waals surface area contributed by atoms with E-state index in [0.29, 0.717) is 37.9 Å². The molecule has 0 aliphatic carbocycles. The van der Waals surface area contributed by atoms with Gasteiger partial charge in [-0.2, -0.15) is 0 Å². The van der Waals surface area contributed by atoms with Gasteiger partial charge in [-0.25, -0.2) is 12.7 Å². The molecule has 0 radical (unpaired) electrons. The zero-order valence-electron chi connectivity index (χ0n) is 22.2. The molecule has 1 aliphatic rings. The number of alkyl halides is 3. The van der Waals surface area contributed by atoms with Gasteiger partial charge >= 0.3 is 6.36 Å². The number of carbonyl (C=O) groups excluding carboxylic acids is 1. The number of sulfonamides is 1. The number of nitrogens with zero attached hydrogens (tertiary/aromatic N) is 1. The van der Waals surface area contributed by atoms with E-state index in [2.05, 4.69) is 10.1 Å². The van der Waals surface area contributed by atoms with Gasteiger partial charge in [0.05, 0.1) is 11.3 Å². The summed E-state index contributed by atoms with van der Waals surface area (Å²) in [6.45, 7) is 6.50. The number of carbonyl (C=O) groups is 1. The van der Waals surface area contributed by atoms with E-state index >= 15 is 0 Å². The Bertz CT molecular complexity index is 1170. The molecule has 1 amide bonds. The molecule has 0 aromatic heterocycles. The minimum absolute atomic E-state index is 0.0539. The van der Waals surface area contributed by atoms with Gasteiger partial charge in [-0.1, -0.05) is 57.2 Å². The first-order chi connectivity index (χ1) is 17.9. The number of ether oxygens (including phenoxy) is 1. The number of rotatable bonds is 11. The molecule has 1 heterocycles. The van der Waals surface area contributed by atoms with E-state index in [9.17, 15) is 26.4 Å². The highest BCUT2D eigenvalue weighted by Crippen LogP contribution is 2.37. The van der Waals surface area contributed by atoms with Gasteiger partial charge in [0.15, 0.2) is 0 Å². The van der Waals surface area contributed by atoms with E-state index in [4.69, 9.17) is 0 Å². The molecule has 6 nitrogen and oxygen atoms in total. The van der Waals surface area contributed by atoms with Crippen molar-refractivity contribution in [2.75, 3.05) is 25.4 Å².